The fourth-order valence-electron chi connectivity index (χ4n) is 4.88. The summed E-state index contributed by atoms with van der Waals surface area (Å²) in [7, 11) is 0. The van der Waals surface area contributed by atoms with E-state index in [0.717, 1.165) is 16.7 Å². The molecule has 6 nitrogen and oxygen atoms in total. The van der Waals surface area contributed by atoms with E-state index in [2.05, 4.69) is 13.8 Å². The van der Waals surface area contributed by atoms with Crippen LogP contribution >= 0.6 is 22.9 Å². The minimum Gasteiger partial charge on any atom is -0.493 e. The summed E-state index contributed by atoms with van der Waals surface area (Å²) >= 11 is 7.57. The maximum atomic E-state index is 14.1. The number of nitrogens with zero attached hydrogens (tertiary/aromatic N) is 2. The number of hydrogen-bond acceptors (Lipinski definition) is 6. The third-order valence-electron chi connectivity index (χ3n) is 6.85. The van der Waals surface area contributed by atoms with Crippen molar-refractivity contribution in [2.45, 2.75) is 39.7 Å². The molecule has 41 heavy (non-hydrogen) atoms. The molecule has 0 aliphatic carbocycles. The van der Waals surface area contributed by atoms with Crippen LogP contribution in [-0.2, 0) is 9.53 Å². The highest BCUT2D eigenvalue weighted by Gasteiger charge is 2.35. The van der Waals surface area contributed by atoms with Gasteiger partial charge in [-0.1, -0.05) is 91.4 Å². The zero-order valence-corrected chi connectivity index (χ0v) is 25.0. The van der Waals surface area contributed by atoms with Crippen LogP contribution in [0.15, 0.2) is 88.2 Å². The molecule has 0 fully saturated rings. The Morgan fingerprint density at radius 2 is 1.78 bits per heavy atom. The largest absolute Gasteiger partial charge is 0.493 e. The molecule has 0 amide bonds. The van der Waals surface area contributed by atoms with Crippen molar-refractivity contribution in [3.63, 3.8) is 0 Å². The molecule has 0 saturated carbocycles. The van der Waals surface area contributed by atoms with Crippen LogP contribution in [0.25, 0.3) is 11.8 Å². The highest BCUT2D eigenvalue weighted by atomic mass is 35.5. The van der Waals surface area contributed by atoms with Crippen molar-refractivity contribution in [2.24, 2.45) is 4.99 Å². The Morgan fingerprint density at radius 1 is 1.05 bits per heavy atom. The molecular weight excluding hydrogens is 556 g/mol. The second-order valence-electron chi connectivity index (χ2n) is 9.87. The van der Waals surface area contributed by atoms with E-state index >= 15 is 0 Å². The van der Waals surface area contributed by atoms with Gasteiger partial charge in [-0.15, -0.1) is 0 Å². The number of rotatable bonds is 8. The summed E-state index contributed by atoms with van der Waals surface area (Å²) in [6, 6.07) is 22.2. The first kappa shape index (κ1) is 28.6. The first-order valence-electron chi connectivity index (χ1n) is 13.6. The van der Waals surface area contributed by atoms with Gasteiger partial charge in [-0.2, -0.15) is 0 Å². The highest BCUT2D eigenvalue weighted by Crippen LogP contribution is 2.35. The number of thiazole rings is 1. The van der Waals surface area contributed by atoms with Gasteiger partial charge in [0, 0.05) is 16.1 Å². The maximum absolute atomic E-state index is 14.1. The second-order valence-corrected chi connectivity index (χ2v) is 11.3. The summed E-state index contributed by atoms with van der Waals surface area (Å²) in [6.07, 6.45) is 1.77. The number of aromatic nitrogens is 1. The fourth-order valence-corrected chi connectivity index (χ4v) is 6.05. The van der Waals surface area contributed by atoms with Gasteiger partial charge in [-0.3, -0.25) is 9.36 Å². The van der Waals surface area contributed by atoms with Crippen LogP contribution in [0.2, 0.25) is 5.02 Å². The van der Waals surface area contributed by atoms with Gasteiger partial charge in [-0.25, -0.2) is 9.79 Å². The molecule has 0 spiro atoms. The minimum absolute atomic E-state index is 0.197. The van der Waals surface area contributed by atoms with Crippen LogP contribution in [0.5, 0.6) is 5.75 Å². The molecule has 3 aromatic carbocycles. The predicted molar refractivity (Wildman–Crippen MR) is 164 cm³/mol. The number of halogens is 1. The average Bonchev–Trinajstić information content (AvgIpc) is 3.28. The number of fused-ring (bicyclic) bond motifs is 1. The summed E-state index contributed by atoms with van der Waals surface area (Å²) in [4.78, 5) is 33.2. The minimum atomic E-state index is -0.727. The number of carbonyl (C=O) groups is 1. The molecular formula is C33H31ClN2O4S. The average molecular weight is 587 g/mol. The van der Waals surface area contributed by atoms with Crippen LogP contribution < -0.4 is 19.6 Å². The Hall–Kier alpha value is -3.94. The molecule has 0 saturated heterocycles. The van der Waals surface area contributed by atoms with Crippen LogP contribution in [0, 0.1) is 0 Å². The van der Waals surface area contributed by atoms with Crippen LogP contribution in [0.4, 0.5) is 0 Å². The summed E-state index contributed by atoms with van der Waals surface area (Å²) in [5.41, 5.74) is 3.98. The number of benzene rings is 3. The Kier molecular flexibility index (Phi) is 8.57. The number of esters is 1. The number of carbonyl (C=O) groups excluding carboxylic acids is 1. The van der Waals surface area contributed by atoms with Crippen molar-refractivity contribution in [1.82, 2.24) is 4.57 Å². The summed E-state index contributed by atoms with van der Waals surface area (Å²) < 4.78 is 13.4. The van der Waals surface area contributed by atoms with Crippen LogP contribution in [-0.4, -0.2) is 23.8 Å². The quantitative estimate of drug-likeness (QED) is 0.234. The summed E-state index contributed by atoms with van der Waals surface area (Å²) in [6.45, 7) is 8.59. The Balaban J connectivity index is 1.81. The van der Waals surface area contributed by atoms with Crippen molar-refractivity contribution in [1.29, 1.82) is 0 Å². The lowest BCUT2D eigenvalue weighted by atomic mass is 9.91. The van der Waals surface area contributed by atoms with Crippen molar-refractivity contribution < 1.29 is 14.3 Å². The topological polar surface area (TPSA) is 69.9 Å². The normalized spacial score (nSPS) is 15.1. The van der Waals surface area contributed by atoms with Gasteiger partial charge in [0.1, 0.15) is 5.75 Å². The molecule has 210 valence electrons. The maximum Gasteiger partial charge on any atom is 0.338 e. The van der Waals surface area contributed by atoms with Gasteiger partial charge in [0.2, 0.25) is 0 Å². The molecule has 1 aromatic heterocycles. The van der Waals surface area contributed by atoms with E-state index in [1.54, 1.807) is 35.8 Å². The zero-order chi connectivity index (χ0) is 29.1. The summed E-state index contributed by atoms with van der Waals surface area (Å²) in [5.74, 6) is 0.458. The third kappa shape index (κ3) is 5.78. The molecule has 1 atom stereocenters. The van der Waals surface area contributed by atoms with Crippen LogP contribution in [0.1, 0.15) is 61.9 Å². The fraction of sp³-hybridized carbons (Fsp3) is 0.242. The van der Waals surface area contributed by atoms with Gasteiger partial charge >= 0.3 is 5.97 Å². The molecule has 0 N–H and O–H groups in total. The van der Waals surface area contributed by atoms with Gasteiger partial charge in [0.15, 0.2) is 4.80 Å². The Morgan fingerprint density at radius 3 is 2.44 bits per heavy atom. The van der Waals surface area contributed by atoms with E-state index in [1.165, 1.54) is 11.3 Å². The van der Waals surface area contributed by atoms with Crippen LogP contribution in [0.3, 0.4) is 0 Å². The first-order valence-corrected chi connectivity index (χ1v) is 14.8. The lowest BCUT2D eigenvalue weighted by Crippen LogP contribution is -2.40. The number of ether oxygens (including phenoxy) is 2. The van der Waals surface area contributed by atoms with E-state index in [1.807, 2.05) is 61.5 Å². The molecule has 2 heterocycles. The molecule has 0 unspecified atom stereocenters. The highest BCUT2D eigenvalue weighted by molar-refractivity contribution is 7.07. The predicted octanol–water partition coefficient (Wildman–Crippen LogP) is 6.11. The van der Waals surface area contributed by atoms with Crippen molar-refractivity contribution in [3.8, 4) is 5.75 Å². The van der Waals surface area contributed by atoms with E-state index in [4.69, 9.17) is 26.1 Å². The Bertz CT molecular complexity index is 1790. The molecule has 0 bridgehead atoms. The van der Waals surface area contributed by atoms with Crippen molar-refractivity contribution in [2.75, 3.05) is 13.2 Å². The molecule has 5 rings (SSSR count). The first-order chi connectivity index (χ1) is 19.8. The molecule has 0 radical (unpaired) electrons. The van der Waals surface area contributed by atoms with Crippen molar-refractivity contribution >= 4 is 40.7 Å². The molecule has 8 heteroatoms. The van der Waals surface area contributed by atoms with Gasteiger partial charge in [0.05, 0.1) is 35.1 Å². The molecule has 4 aromatic rings. The third-order valence-corrected chi connectivity index (χ3v) is 8.07. The van der Waals surface area contributed by atoms with E-state index in [0.29, 0.717) is 49.5 Å². The van der Waals surface area contributed by atoms with E-state index in [-0.39, 0.29) is 12.2 Å². The van der Waals surface area contributed by atoms with E-state index < -0.39 is 12.0 Å². The summed E-state index contributed by atoms with van der Waals surface area (Å²) in [5, 5.41) is 0.534. The lowest BCUT2D eigenvalue weighted by molar-refractivity contribution is -0.138. The lowest BCUT2D eigenvalue weighted by Gasteiger charge is -2.26. The van der Waals surface area contributed by atoms with Gasteiger partial charge in [-0.05, 0) is 55.2 Å². The molecule has 1 aliphatic rings. The number of hydrogen-bond donors (Lipinski definition) is 0. The molecule has 1 aliphatic heterocycles. The van der Waals surface area contributed by atoms with E-state index in [9.17, 15) is 9.59 Å². The second kappa shape index (κ2) is 12.3. The van der Waals surface area contributed by atoms with Gasteiger partial charge in [0.25, 0.3) is 5.56 Å². The monoisotopic (exact) mass is 586 g/mol. The standard InChI is InChI=1S/C33H31ClN2O4S/c1-5-39-26-17-16-25(34)18-24(26)19-27-31(37)36-30(23-14-12-21(13-15-23)20(3)4)28(32(38)40-6-2)29(35-33(36)41-27)22-10-8-7-9-11-22/h7-20,30H,5-6H2,1-4H3/b27-19-/t30-/m0/s1. The van der Waals surface area contributed by atoms with Crippen molar-refractivity contribution in [3.05, 3.63) is 125 Å². The Labute approximate surface area is 247 Å². The smallest absolute Gasteiger partial charge is 0.338 e. The zero-order valence-electron chi connectivity index (χ0n) is 23.4. The van der Waals surface area contributed by atoms with Gasteiger partial charge < -0.3 is 9.47 Å². The SMILES string of the molecule is CCOC(=O)C1=C(c2ccccc2)N=c2s/c(=C\c3cc(Cl)ccc3OCC)c(=O)n2[C@H]1c1ccc(C(C)C)cc1.